The number of nitrogens with zero attached hydrogens (tertiary/aromatic N) is 6. The van der Waals surface area contributed by atoms with Gasteiger partial charge in [-0.15, -0.1) is 0 Å². The SMILES string of the molecule is COC1=C(F)C=C(c2cnc3c(Nc4ccc(C(=O)N(C)Cc5ccncn5)c(C)c4)nccn23)CC1. The van der Waals surface area contributed by atoms with Gasteiger partial charge in [-0.2, -0.15) is 0 Å². The minimum absolute atomic E-state index is 0.0977. The quantitative estimate of drug-likeness (QED) is 0.388. The van der Waals surface area contributed by atoms with E-state index in [1.54, 1.807) is 48.9 Å². The van der Waals surface area contributed by atoms with Gasteiger partial charge in [0.25, 0.3) is 5.91 Å². The van der Waals surface area contributed by atoms with Crippen molar-refractivity contribution in [2.75, 3.05) is 19.5 Å². The highest BCUT2D eigenvalue weighted by Crippen LogP contribution is 2.32. The Hall–Kier alpha value is -4.60. The van der Waals surface area contributed by atoms with Crippen LogP contribution >= 0.6 is 0 Å². The third kappa shape index (κ3) is 4.90. The molecule has 0 saturated carbocycles. The first-order valence-electron chi connectivity index (χ1n) is 11.8. The number of anilines is 2. The number of carbonyl (C=O) groups excluding carboxylic acids is 1. The number of aryl methyl sites for hydroxylation is 1. The number of fused-ring (bicyclic) bond motifs is 1. The van der Waals surface area contributed by atoms with Crippen molar-refractivity contribution >= 4 is 28.6 Å². The van der Waals surface area contributed by atoms with Crippen LogP contribution in [0.25, 0.3) is 11.2 Å². The van der Waals surface area contributed by atoms with Crippen LogP contribution in [0, 0.1) is 6.92 Å². The van der Waals surface area contributed by atoms with Gasteiger partial charge in [0.15, 0.2) is 17.3 Å². The van der Waals surface area contributed by atoms with Crippen molar-refractivity contribution in [2.24, 2.45) is 0 Å². The molecule has 0 saturated heterocycles. The highest BCUT2D eigenvalue weighted by atomic mass is 19.1. The number of imidazole rings is 1. The second-order valence-corrected chi connectivity index (χ2v) is 8.77. The monoisotopic (exact) mass is 499 g/mol. The first-order chi connectivity index (χ1) is 17.9. The molecular formula is C27H26FN7O2. The van der Waals surface area contributed by atoms with Crippen molar-refractivity contribution in [1.82, 2.24) is 29.2 Å². The van der Waals surface area contributed by atoms with E-state index in [9.17, 15) is 9.18 Å². The zero-order valence-electron chi connectivity index (χ0n) is 20.8. The Morgan fingerprint density at radius 3 is 2.78 bits per heavy atom. The molecule has 1 N–H and O–H groups in total. The zero-order chi connectivity index (χ0) is 25.9. The van der Waals surface area contributed by atoms with Crippen LogP contribution in [0.15, 0.2) is 73.0 Å². The number of amides is 1. The summed E-state index contributed by atoms with van der Waals surface area (Å²) < 4.78 is 21.3. The lowest BCUT2D eigenvalue weighted by atomic mass is 10.0. The molecule has 0 aliphatic heterocycles. The van der Waals surface area contributed by atoms with Gasteiger partial charge >= 0.3 is 0 Å². The van der Waals surface area contributed by atoms with Crippen LogP contribution in [-0.2, 0) is 11.3 Å². The predicted molar refractivity (Wildman–Crippen MR) is 138 cm³/mol. The summed E-state index contributed by atoms with van der Waals surface area (Å²) in [6.45, 7) is 2.28. The molecule has 0 radical (unpaired) electrons. The molecule has 188 valence electrons. The zero-order valence-corrected chi connectivity index (χ0v) is 20.8. The molecule has 1 aromatic carbocycles. The fourth-order valence-electron chi connectivity index (χ4n) is 4.37. The Labute approximate surface area is 213 Å². The first-order valence-corrected chi connectivity index (χ1v) is 11.8. The van der Waals surface area contributed by atoms with Crippen LogP contribution in [-0.4, -0.2) is 49.3 Å². The average Bonchev–Trinajstić information content (AvgIpc) is 3.34. The van der Waals surface area contributed by atoms with Gasteiger partial charge in [0, 0.05) is 43.3 Å². The topological polar surface area (TPSA) is 97.5 Å². The Balaban J connectivity index is 1.36. The minimum atomic E-state index is -0.362. The van der Waals surface area contributed by atoms with Crippen LogP contribution in [0.1, 0.15) is 40.2 Å². The molecule has 37 heavy (non-hydrogen) atoms. The molecule has 0 fully saturated rings. The van der Waals surface area contributed by atoms with E-state index >= 15 is 0 Å². The summed E-state index contributed by atoms with van der Waals surface area (Å²) in [6, 6.07) is 7.32. The van der Waals surface area contributed by atoms with Gasteiger partial charge in [0.1, 0.15) is 12.1 Å². The summed E-state index contributed by atoms with van der Waals surface area (Å²) in [5.74, 6) is 0.454. The summed E-state index contributed by atoms with van der Waals surface area (Å²) in [7, 11) is 3.23. The van der Waals surface area contributed by atoms with Gasteiger partial charge in [-0.05, 0) is 54.8 Å². The lowest BCUT2D eigenvalue weighted by Gasteiger charge is -2.18. The average molecular weight is 500 g/mol. The molecule has 9 nitrogen and oxygen atoms in total. The van der Waals surface area contributed by atoms with Gasteiger partial charge in [-0.3, -0.25) is 9.20 Å². The molecule has 1 aliphatic rings. The van der Waals surface area contributed by atoms with Crippen molar-refractivity contribution in [3.63, 3.8) is 0 Å². The number of hydrogen-bond donors (Lipinski definition) is 1. The highest BCUT2D eigenvalue weighted by molar-refractivity contribution is 5.96. The number of halogens is 1. The summed E-state index contributed by atoms with van der Waals surface area (Å²) in [4.78, 5) is 31.7. The lowest BCUT2D eigenvalue weighted by molar-refractivity contribution is 0.0782. The van der Waals surface area contributed by atoms with E-state index in [2.05, 4.69) is 25.3 Å². The third-order valence-corrected chi connectivity index (χ3v) is 6.30. The van der Waals surface area contributed by atoms with Crippen LogP contribution in [0.2, 0.25) is 0 Å². The summed E-state index contributed by atoms with van der Waals surface area (Å²) in [6.07, 6.45) is 11.0. The Bertz CT molecular complexity index is 1530. The van der Waals surface area contributed by atoms with Crippen molar-refractivity contribution in [3.05, 3.63) is 95.6 Å². The summed E-state index contributed by atoms with van der Waals surface area (Å²) in [5.41, 5.74) is 5.22. The van der Waals surface area contributed by atoms with Crippen molar-refractivity contribution < 1.29 is 13.9 Å². The van der Waals surface area contributed by atoms with E-state index in [1.165, 1.54) is 19.5 Å². The maximum atomic E-state index is 14.3. The van der Waals surface area contributed by atoms with Crippen LogP contribution < -0.4 is 5.32 Å². The standard InChI is InChI=1S/C27H26FN7O2/c1-17-12-19(5-6-21(17)27(36)34(2)15-20-8-9-29-16-32-20)33-25-26-31-14-23(35(26)11-10-30-25)18-4-7-24(37-3)22(28)13-18/h5-6,8-14,16H,4,7,15H2,1-3H3,(H,30,33). The van der Waals surface area contributed by atoms with E-state index in [-0.39, 0.29) is 11.7 Å². The van der Waals surface area contributed by atoms with Crippen LogP contribution in [0.3, 0.4) is 0 Å². The molecule has 3 aromatic heterocycles. The molecule has 0 unspecified atom stereocenters. The fraction of sp³-hybridized carbons (Fsp3) is 0.222. The highest BCUT2D eigenvalue weighted by Gasteiger charge is 2.19. The number of carbonyl (C=O) groups is 1. The molecule has 1 amide bonds. The molecular weight excluding hydrogens is 473 g/mol. The normalized spacial score (nSPS) is 13.5. The molecule has 1 aliphatic carbocycles. The fourth-order valence-corrected chi connectivity index (χ4v) is 4.37. The number of benzene rings is 1. The smallest absolute Gasteiger partial charge is 0.254 e. The maximum absolute atomic E-state index is 14.3. The number of nitrogens with one attached hydrogen (secondary N) is 1. The van der Waals surface area contributed by atoms with Gasteiger partial charge in [0.05, 0.1) is 31.2 Å². The van der Waals surface area contributed by atoms with Crippen LogP contribution in [0.5, 0.6) is 0 Å². The molecule has 5 rings (SSSR count). The summed E-state index contributed by atoms with van der Waals surface area (Å²) in [5, 5.41) is 3.31. The lowest BCUT2D eigenvalue weighted by Crippen LogP contribution is -2.27. The number of allylic oxidation sites excluding steroid dienone is 4. The summed E-state index contributed by atoms with van der Waals surface area (Å²) >= 11 is 0. The second kappa shape index (κ2) is 10.2. The molecule has 3 heterocycles. The van der Waals surface area contributed by atoms with Crippen molar-refractivity contribution in [2.45, 2.75) is 26.3 Å². The van der Waals surface area contributed by atoms with Gasteiger partial charge in [-0.1, -0.05) is 0 Å². The van der Waals surface area contributed by atoms with E-state index in [0.717, 1.165) is 28.2 Å². The number of aromatic nitrogens is 5. The van der Waals surface area contributed by atoms with E-state index in [4.69, 9.17) is 4.74 Å². The van der Waals surface area contributed by atoms with Gasteiger partial charge in [0.2, 0.25) is 0 Å². The number of methoxy groups -OCH3 is 1. The Morgan fingerprint density at radius 1 is 1.19 bits per heavy atom. The molecule has 10 heteroatoms. The van der Waals surface area contributed by atoms with E-state index < -0.39 is 0 Å². The molecule has 0 atom stereocenters. The number of hydrogen-bond acceptors (Lipinski definition) is 7. The van der Waals surface area contributed by atoms with E-state index in [1.807, 2.05) is 23.5 Å². The maximum Gasteiger partial charge on any atom is 0.254 e. The third-order valence-electron chi connectivity index (χ3n) is 6.30. The largest absolute Gasteiger partial charge is 0.498 e. The molecule has 4 aromatic rings. The molecule has 0 bridgehead atoms. The Morgan fingerprint density at radius 2 is 2.05 bits per heavy atom. The first kappa shape index (κ1) is 24.1. The molecule has 0 spiro atoms. The predicted octanol–water partition coefficient (Wildman–Crippen LogP) is 4.85. The van der Waals surface area contributed by atoms with Crippen molar-refractivity contribution in [3.8, 4) is 0 Å². The number of rotatable bonds is 7. The van der Waals surface area contributed by atoms with Gasteiger partial charge < -0.3 is 15.0 Å². The van der Waals surface area contributed by atoms with Crippen molar-refractivity contribution in [1.29, 1.82) is 0 Å². The minimum Gasteiger partial charge on any atom is -0.498 e. The Kier molecular flexibility index (Phi) is 6.63. The van der Waals surface area contributed by atoms with Gasteiger partial charge in [-0.25, -0.2) is 24.3 Å². The number of ether oxygens (including phenoxy) is 1. The second-order valence-electron chi connectivity index (χ2n) is 8.77. The van der Waals surface area contributed by atoms with E-state index in [0.29, 0.717) is 42.2 Å². The van der Waals surface area contributed by atoms with Crippen LogP contribution in [0.4, 0.5) is 15.9 Å².